The number of hydrogen-bond donors (Lipinski definition) is 2. The lowest BCUT2D eigenvalue weighted by atomic mass is 10.0. The molecular weight excluding hydrogens is 368 g/mol. The molecule has 0 aromatic carbocycles. The SMILES string of the molecule is CC(c1ncc(F)cc1F)c1nn(C)c2nc(N)nc(Nc3cn(C)cn3)c12. The fourth-order valence-corrected chi connectivity index (χ4v) is 3.06. The van der Waals surface area contributed by atoms with Gasteiger partial charge in [-0.15, -0.1) is 0 Å². The molecule has 0 saturated heterocycles. The van der Waals surface area contributed by atoms with Gasteiger partial charge in [0.2, 0.25) is 5.95 Å². The first-order valence-corrected chi connectivity index (χ1v) is 8.39. The summed E-state index contributed by atoms with van der Waals surface area (Å²) < 4.78 is 30.8. The van der Waals surface area contributed by atoms with Crippen LogP contribution in [0.5, 0.6) is 0 Å². The summed E-state index contributed by atoms with van der Waals surface area (Å²) in [5.74, 6) is -1.08. The Bertz CT molecular complexity index is 1180. The quantitative estimate of drug-likeness (QED) is 0.554. The van der Waals surface area contributed by atoms with Crippen LogP contribution in [0.4, 0.5) is 26.4 Å². The van der Waals surface area contributed by atoms with Crippen LogP contribution in [0.15, 0.2) is 24.8 Å². The monoisotopic (exact) mass is 385 g/mol. The molecule has 0 aliphatic heterocycles. The van der Waals surface area contributed by atoms with E-state index in [1.807, 2.05) is 7.05 Å². The van der Waals surface area contributed by atoms with Crippen molar-refractivity contribution in [2.45, 2.75) is 12.8 Å². The molecule has 4 heterocycles. The van der Waals surface area contributed by atoms with Gasteiger partial charge in [0, 0.05) is 32.3 Å². The predicted octanol–water partition coefficient (Wildman–Crippen LogP) is 2.25. The van der Waals surface area contributed by atoms with Gasteiger partial charge in [-0.3, -0.25) is 4.98 Å². The number of pyridine rings is 1. The van der Waals surface area contributed by atoms with Gasteiger partial charge in [-0.05, 0) is 0 Å². The van der Waals surface area contributed by atoms with Crippen LogP contribution in [0.2, 0.25) is 0 Å². The van der Waals surface area contributed by atoms with Crippen LogP contribution in [-0.2, 0) is 14.1 Å². The number of nitrogens with zero attached hydrogens (tertiary/aromatic N) is 7. The molecule has 28 heavy (non-hydrogen) atoms. The average molecular weight is 385 g/mol. The van der Waals surface area contributed by atoms with E-state index in [0.717, 1.165) is 12.3 Å². The zero-order valence-electron chi connectivity index (χ0n) is 15.4. The molecule has 0 aliphatic carbocycles. The maximum absolute atomic E-state index is 14.3. The van der Waals surface area contributed by atoms with Crippen LogP contribution in [-0.4, -0.2) is 34.3 Å². The summed E-state index contributed by atoms with van der Waals surface area (Å²) in [7, 11) is 3.53. The number of nitrogen functional groups attached to an aromatic ring is 1. The molecule has 0 saturated carbocycles. The predicted molar refractivity (Wildman–Crippen MR) is 98.9 cm³/mol. The van der Waals surface area contributed by atoms with Gasteiger partial charge in [-0.25, -0.2) is 18.4 Å². The summed E-state index contributed by atoms with van der Waals surface area (Å²) >= 11 is 0. The van der Waals surface area contributed by atoms with E-state index in [4.69, 9.17) is 5.73 Å². The van der Waals surface area contributed by atoms with Gasteiger partial charge in [-0.2, -0.15) is 15.1 Å². The first-order valence-electron chi connectivity index (χ1n) is 8.39. The molecule has 1 atom stereocenters. The van der Waals surface area contributed by atoms with Gasteiger partial charge in [0.05, 0.1) is 29.3 Å². The maximum Gasteiger partial charge on any atom is 0.224 e. The lowest BCUT2D eigenvalue weighted by Crippen LogP contribution is -2.06. The first kappa shape index (κ1) is 17.8. The summed E-state index contributed by atoms with van der Waals surface area (Å²) in [6.45, 7) is 1.73. The molecule has 0 radical (unpaired) electrons. The molecule has 3 N–H and O–H groups in total. The highest BCUT2D eigenvalue weighted by atomic mass is 19.1. The highest BCUT2D eigenvalue weighted by Gasteiger charge is 2.25. The first-order chi connectivity index (χ1) is 13.3. The number of nitrogens with one attached hydrogen (secondary N) is 1. The zero-order chi connectivity index (χ0) is 20.0. The van der Waals surface area contributed by atoms with Crippen molar-refractivity contribution in [3.63, 3.8) is 0 Å². The van der Waals surface area contributed by atoms with E-state index in [9.17, 15) is 8.78 Å². The Hall–Kier alpha value is -3.63. The minimum absolute atomic E-state index is 0.0548. The van der Waals surface area contributed by atoms with Crippen molar-refractivity contribution in [1.29, 1.82) is 0 Å². The Morgan fingerprint density at radius 1 is 1.14 bits per heavy atom. The summed E-state index contributed by atoms with van der Waals surface area (Å²) in [5.41, 5.74) is 6.87. The largest absolute Gasteiger partial charge is 0.368 e. The van der Waals surface area contributed by atoms with Crippen LogP contribution in [0.25, 0.3) is 11.0 Å². The van der Waals surface area contributed by atoms with Gasteiger partial charge < -0.3 is 15.6 Å². The van der Waals surface area contributed by atoms with E-state index >= 15 is 0 Å². The Balaban J connectivity index is 1.89. The van der Waals surface area contributed by atoms with E-state index < -0.39 is 17.6 Å². The Morgan fingerprint density at radius 3 is 2.61 bits per heavy atom. The molecular formula is C17H17F2N9. The van der Waals surface area contributed by atoms with Gasteiger partial charge in [-0.1, -0.05) is 6.92 Å². The smallest absolute Gasteiger partial charge is 0.224 e. The second kappa shape index (κ2) is 6.51. The van der Waals surface area contributed by atoms with E-state index in [0.29, 0.717) is 28.4 Å². The highest BCUT2D eigenvalue weighted by molar-refractivity contribution is 5.92. The van der Waals surface area contributed by atoms with Crippen LogP contribution in [0.1, 0.15) is 24.2 Å². The molecule has 0 amide bonds. The van der Waals surface area contributed by atoms with Crippen molar-refractivity contribution in [2.24, 2.45) is 14.1 Å². The number of nitrogens with two attached hydrogens (primary N) is 1. The third kappa shape index (κ3) is 3.00. The topological polar surface area (TPSA) is 112 Å². The summed E-state index contributed by atoms with van der Waals surface area (Å²) in [4.78, 5) is 16.6. The third-order valence-corrected chi connectivity index (χ3v) is 4.34. The van der Waals surface area contributed by atoms with Crippen molar-refractivity contribution in [3.05, 3.63) is 47.8 Å². The van der Waals surface area contributed by atoms with Gasteiger partial charge >= 0.3 is 0 Å². The lowest BCUT2D eigenvalue weighted by molar-refractivity contribution is 0.550. The standard InChI is InChI=1S/C17H17F2N9/c1-8(13-10(19)4-9(18)5-21-13)14-12-15(23-11-6-27(2)7-22-11)24-17(20)25-16(12)28(3)26-14/h4-8H,1-3H3,(H3,20,23,24,25). The number of hydrogen-bond acceptors (Lipinski definition) is 7. The molecule has 4 rings (SSSR count). The van der Waals surface area contributed by atoms with E-state index in [1.54, 1.807) is 31.1 Å². The van der Waals surface area contributed by atoms with Gasteiger partial charge in [0.25, 0.3) is 0 Å². The number of aryl methyl sites for hydroxylation is 2. The molecule has 0 aliphatic rings. The highest BCUT2D eigenvalue weighted by Crippen LogP contribution is 2.34. The molecule has 11 heteroatoms. The van der Waals surface area contributed by atoms with Crippen molar-refractivity contribution in [3.8, 4) is 0 Å². The van der Waals surface area contributed by atoms with Gasteiger partial charge in [0.1, 0.15) is 23.3 Å². The number of anilines is 3. The molecule has 0 bridgehead atoms. The van der Waals surface area contributed by atoms with E-state index in [-0.39, 0.29) is 11.6 Å². The average Bonchev–Trinajstić information content (AvgIpc) is 3.18. The van der Waals surface area contributed by atoms with Gasteiger partial charge in [0.15, 0.2) is 5.65 Å². The minimum Gasteiger partial charge on any atom is -0.368 e. The summed E-state index contributed by atoms with van der Waals surface area (Å²) in [6.07, 6.45) is 4.38. The number of rotatable bonds is 4. The Morgan fingerprint density at radius 2 is 1.93 bits per heavy atom. The fourth-order valence-electron chi connectivity index (χ4n) is 3.06. The molecule has 4 aromatic rings. The van der Waals surface area contributed by atoms with Crippen LogP contribution in [0, 0.1) is 11.6 Å². The minimum atomic E-state index is -0.748. The second-order valence-corrected chi connectivity index (χ2v) is 6.43. The number of fused-ring (bicyclic) bond motifs is 1. The van der Waals surface area contributed by atoms with Crippen LogP contribution < -0.4 is 11.1 Å². The molecule has 4 aromatic heterocycles. The number of aromatic nitrogens is 7. The molecule has 0 spiro atoms. The summed E-state index contributed by atoms with van der Waals surface area (Å²) in [6, 6.07) is 0.797. The van der Waals surface area contributed by atoms with Crippen molar-refractivity contribution in [1.82, 2.24) is 34.3 Å². The lowest BCUT2D eigenvalue weighted by Gasteiger charge is -2.11. The number of imidazole rings is 1. The Kier molecular flexibility index (Phi) is 4.13. The number of halogens is 2. The maximum atomic E-state index is 14.3. The zero-order valence-corrected chi connectivity index (χ0v) is 15.4. The molecule has 1 unspecified atom stereocenters. The summed E-state index contributed by atoms with van der Waals surface area (Å²) in [5, 5.41) is 8.13. The van der Waals surface area contributed by atoms with Crippen molar-refractivity contribution < 1.29 is 8.78 Å². The van der Waals surface area contributed by atoms with Crippen molar-refractivity contribution in [2.75, 3.05) is 11.1 Å². The molecule has 0 fully saturated rings. The fraction of sp³-hybridized carbons (Fsp3) is 0.235. The van der Waals surface area contributed by atoms with Crippen LogP contribution in [0.3, 0.4) is 0 Å². The van der Waals surface area contributed by atoms with Crippen molar-refractivity contribution >= 4 is 28.6 Å². The van der Waals surface area contributed by atoms with Crippen LogP contribution >= 0.6 is 0 Å². The van der Waals surface area contributed by atoms with E-state index in [2.05, 4.69) is 30.4 Å². The second-order valence-electron chi connectivity index (χ2n) is 6.43. The third-order valence-electron chi connectivity index (χ3n) is 4.34. The molecule has 144 valence electrons. The normalized spacial score (nSPS) is 12.5. The molecule has 9 nitrogen and oxygen atoms in total. The Labute approximate surface area is 158 Å². The van der Waals surface area contributed by atoms with E-state index in [1.165, 1.54) is 4.68 Å².